The summed E-state index contributed by atoms with van der Waals surface area (Å²) < 4.78 is 5.07. The molecule has 0 aliphatic rings. The fraction of sp³-hybridized carbons (Fsp3) is 0.0769. The van der Waals surface area contributed by atoms with Crippen LogP contribution in [0.4, 0.5) is 5.82 Å². The SMILES string of the molecule is COc1ccc(C=NNc2ccccn2)cc1. The summed E-state index contributed by atoms with van der Waals surface area (Å²) in [4.78, 5) is 4.09. The molecule has 0 bridgehead atoms. The van der Waals surface area contributed by atoms with Crippen molar-refractivity contribution >= 4 is 12.0 Å². The number of hydrogen-bond donors (Lipinski definition) is 1. The van der Waals surface area contributed by atoms with Gasteiger partial charge in [-0.05, 0) is 42.0 Å². The van der Waals surface area contributed by atoms with Crippen LogP contribution in [0.5, 0.6) is 5.75 Å². The van der Waals surface area contributed by atoms with Crippen LogP contribution in [0.2, 0.25) is 0 Å². The number of methoxy groups -OCH3 is 1. The Labute approximate surface area is 100.0 Å². The second-order valence-electron chi connectivity index (χ2n) is 3.36. The van der Waals surface area contributed by atoms with Gasteiger partial charge in [0.1, 0.15) is 11.6 Å². The van der Waals surface area contributed by atoms with Crippen molar-refractivity contribution < 1.29 is 4.74 Å². The summed E-state index contributed by atoms with van der Waals surface area (Å²) in [7, 11) is 1.64. The number of hydrazone groups is 1. The van der Waals surface area contributed by atoms with Crippen LogP contribution in [0.1, 0.15) is 5.56 Å². The van der Waals surface area contributed by atoms with Crippen LogP contribution < -0.4 is 10.2 Å². The molecule has 0 aliphatic carbocycles. The molecular weight excluding hydrogens is 214 g/mol. The van der Waals surface area contributed by atoms with Gasteiger partial charge in [0.15, 0.2) is 0 Å². The molecule has 0 fully saturated rings. The Morgan fingerprint density at radius 2 is 2.00 bits per heavy atom. The van der Waals surface area contributed by atoms with E-state index in [4.69, 9.17) is 4.74 Å². The molecule has 0 radical (unpaired) electrons. The van der Waals surface area contributed by atoms with Gasteiger partial charge in [-0.15, -0.1) is 0 Å². The van der Waals surface area contributed by atoms with Gasteiger partial charge in [0, 0.05) is 6.20 Å². The molecule has 4 nitrogen and oxygen atoms in total. The Kier molecular flexibility index (Phi) is 3.70. The van der Waals surface area contributed by atoms with Crippen LogP contribution in [0.3, 0.4) is 0 Å². The predicted molar refractivity (Wildman–Crippen MR) is 68.4 cm³/mol. The molecular formula is C13H13N3O. The van der Waals surface area contributed by atoms with E-state index in [0.29, 0.717) is 0 Å². The van der Waals surface area contributed by atoms with E-state index in [1.54, 1.807) is 19.5 Å². The smallest absolute Gasteiger partial charge is 0.146 e. The first-order valence-electron chi connectivity index (χ1n) is 5.22. The maximum atomic E-state index is 5.07. The molecule has 2 aromatic rings. The van der Waals surface area contributed by atoms with Gasteiger partial charge in [0.25, 0.3) is 0 Å². The number of rotatable bonds is 4. The maximum absolute atomic E-state index is 5.07. The van der Waals surface area contributed by atoms with Crippen LogP contribution in [-0.2, 0) is 0 Å². The lowest BCUT2D eigenvalue weighted by Crippen LogP contribution is -1.92. The van der Waals surface area contributed by atoms with Crippen molar-refractivity contribution in [3.8, 4) is 5.75 Å². The molecule has 0 aliphatic heterocycles. The molecule has 4 heteroatoms. The maximum Gasteiger partial charge on any atom is 0.146 e. The van der Waals surface area contributed by atoms with E-state index in [2.05, 4.69) is 15.5 Å². The summed E-state index contributed by atoms with van der Waals surface area (Å²) in [6, 6.07) is 13.3. The summed E-state index contributed by atoms with van der Waals surface area (Å²) in [5.41, 5.74) is 3.84. The molecule has 1 heterocycles. The average molecular weight is 227 g/mol. The number of pyridine rings is 1. The molecule has 2 rings (SSSR count). The van der Waals surface area contributed by atoms with Gasteiger partial charge in [-0.1, -0.05) is 6.07 Å². The highest BCUT2D eigenvalue weighted by Crippen LogP contribution is 2.09. The van der Waals surface area contributed by atoms with E-state index in [-0.39, 0.29) is 0 Å². The summed E-state index contributed by atoms with van der Waals surface area (Å²) >= 11 is 0. The lowest BCUT2D eigenvalue weighted by atomic mass is 10.2. The molecule has 0 amide bonds. The highest BCUT2D eigenvalue weighted by molar-refractivity contribution is 5.80. The van der Waals surface area contributed by atoms with E-state index >= 15 is 0 Å². The van der Waals surface area contributed by atoms with Crippen molar-refractivity contribution in [1.29, 1.82) is 0 Å². The number of hydrogen-bond acceptors (Lipinski definition) is 4. The van der Waals surface area contributed by atoms with Gasteiger partial charge in [-0.2, -0.15) is 5.10 Å². The van der Waals surface area contributed by atoms with Crippen LogP contribution >= 0.6 is 0 Å². The molecule has 0 atom stereocenters. The van der Waals surface area contributed by atoms with E-state index in [1.165, 1.54) is 0 Å². The lowest BCUT2D eigenvalue weighted by Gasteiger charge is -1.99. The van der Waals surface area contributed by atoms with Crippen LogP contribution in [-0.4, -0.2) is 18.3 Å². The molecule has 0 spiro atoms. The Morgan fingerprint density at radius 1 is 1.18 bits per heavy atom. The largest absolute Gasteiger partial charge is 0.497 e. The summed E-state index contributed by atoms with van der Waals surface area (Å²) in [6.45, 7) is 0. The van der Waals surface area contributed by atoms with Crippen LogP contribution in [0.15, 0.2) is 53.8 Å². The number of aromatic nitrogens is 1. The first-order chi connectivity index (χ1) is 8.38. The lowest BCUT2D eigenvalue weighted by molar-refractivity contribution is 0.415. The molecule has 17 heavy (non-hydrogen) atoms. The Balaban J connectivity index is 1.96. The highest BCUT2D eigenvalue weighted by atomic mass is 16.5. The van der Waals surface area contributed by atoms with Crippen LogP contribution in [0.25, 0.3) is 0 Å². The molecule has 1 aromatic carbocycles. The second-order valence-corrected chi connectivity index (χ2v) is 3.36. The van der Waals surface area contributed by atoms with Gasteiger partial charge in [0.2, 0.25) is 0 Å². The number of nitrogens with zero attached hydrogens (tertiary/aromatic N) is 2. The average Bonchev–Trinajstić information content (AvgIpc) is 2.41. The van der Waals surface area contributed by atoms with Crippen molar-refractivity contribution in [1.82, 2.24) is 4.98 Å². The minimum atomic E-state index is 0.720. The molecule has 0 saturated heterocycles. The standard InChI is InChI=1S/C13H13N3O/c1-17-12-7-5-11(6-8-12)10-15-16-13-4-2-3-9-14-13/h2-10H,1H3,(H,14,16). The third kappa shape index (κ3) is 3.31. The summed E-state index contributed by atoms with van der Waals surface area (Å²) in [5.74, 6) is 1.55. The number of nitrogens with one attached hydrogen (secondary N) is 1. The first-order valence-corrected chi connectivity index (χ1v) is 5.22. The normalized spacial score (nSPS) is 10.4. The van der Waals surface area contributed by atoms with Gasteiger partial charge in [-0.3, -0.25) is 5.43 Å². The van der Waals surface area contributed by atoms with E-state index in [0.717, 1.165) is 17.1 Å². The molecule has 1 N–H and O–H groups in total. The predicted octanol–water partition coefficient (Wildman–Crippen LogP) is 2.54. The zero-order valence-electron chi connectivity index (χ0n) is 9.50. The van der Waals surface area contributed by atoms with Crippen molar-refractivity contribution in [2.24, 2.45) is 5.10 Å². The monoisotopic (exact) mass is 227 g/mol. The molecule has 1 aromatic heterocycles. The zero-order chi connectivity index (χ0) is 11.9. The Hall–Kier alpha value is -2.36. The third-order valence-corrected chi connectivity index (χ3v) is 2.17. The number of anilines is 1. The number of benzene rings is 1. The summed E-state index contributed by atoms with van der Waals surface area (Å²) in [6.07, 6.45) is 3.44. The minimum Gasteiger partial charge on any atom is -0.497 e. The van der Waals surface area contributed by atoms with Crippen molar-refractivity contribution in [3.63, 3.8) is 0 Å². The van der Waals surface area contributed by atoms with Crippen LogP contribution in [0, 0.1) is 0 Å². The highest BCUT2D eigenvalue weighted by Gasteiger charge is 1.91. The van der Waals surface area contributed by atoms with E-state index < -0.39 is 0 Å². The Bertz CT molecular complexity index is 480. The van der Waals surface area contributed by atoms with Crippen molar-refractivity contribution in [2.75, 3.05) is 12.5 Å². The van der Waals surface area contributed by atoms with E-state index in [9.17, 15) is 0 Å². The molecule has 0 saturated carbocycles. The van der Waals surface area contributed by atoms with Crippen molar-refractivity contribution in [3.05, 3.63) is 54.2 Å². The Morgan fingerprint density at radius 3 is 2.65 bits per heavy atom. The number of ether oxygens (including phenoxy) is 1. The van der Waals surface area contributed by atoms with Gasteiger partial charge in [0.05, 0.1) is 13.3 Å². The molecule has 0 unspecified atom stereocenters. The zero-order valence-corrected chi connectivity index (χ0v) is 9.50. The fourth-order valence-corrected chi connectivity index (χ4v) is 1.29. The van der Waals surface area contributed by atoms with Crippen molar-refractivity contribution in [2.45, 2.75) is 0 Å². The molecule has 86 valence electrons. The summed E-state index contributed by atoms with van der Waals surface area (Å²) in [5, 5.41) is 4.09. The second kappa shape index (κ2) is 5.65. The topological polar surface area (TPSA) is 46.5 Å². The quantitative estimate of drug-likeness (QED) is 0.645. The van der Waals surface area contributed by atoms with Gasteiger partial charge < -0.3 is 4.74 Å². The van der Waals surface area contributed by atoms with Gasteiger partial charge >= 0.3 is 0 Å². The third-order valence-electron chi connectivity index (χ3n) is 2.17. The minimum absolute atomic E-state index is 0.720. The van der Waals surface area contributed by atoms with Gasteiger partial charge in [-0.25, -0.2) is 4.98 Å². The van der Waals surface area contributed by atoms with E-state index in [1.807, 2.05) is 42.5 Å². The first kappa shape index (κ1) is 11.1. The fourth-order valence-electron chi connectivity index (χ4n) is 1.29.